The lowest BCUT2D eigenvalue weighted by molar-refractivity contribution is 0.223. The number of rotatable bonds is 8. The molecule has 5 nitrogen and oxygen atoms in total. The van der Waals surface area contributed by atoms with Gasteiger partial charge in [0.1, 0.15) is 5.75 Å². The molecule has 106 valence electrons. The zero-order valence-electron chi connectivity index (χ0n) is 11.3. The number of aryl methyl sites for hydroxylation is 1. The predicted octanol–water partition coefficient (Wildman–Crippen LogP) is 1.79. The highest BCUT2D eigenvalue weighted by Crippen LogP contribution is 2.10. The van der Waals surface area contributed by atoms with Crippen LogP contribution in [0.5, 0.6) is 5.75 Å². The molecule has 0 radical (unpaired) electrons. The molecule has 19 heavy (non-hydrogen) atoms. The molecule has 1 aromatic carbocycles. The number of benzene rings is 1. The minimum absolute atomic E-state index is 0.144. The van der Waals surface area contributed by atoms with Gasteiger partial charge < -0.3 is 20.5 Å². The standard InChI is InChI=1S/C14H22N2O3/c1-12-5-7-13(8-6-12)19-11-16-14(18)15-9-3-2-4-10-17/h5-8,17H,2-4,9-11H2,1H3,(H2,15,16,18). The lowest BCUT2D eigenvalue weighted by atomic mass is 10.2. The molecule has 5 heteroatoms. The summed E-state index contributed by atoms with van der Waals surface area (Å²) < 4.78 is 5.37. The molecule has 0 heterocycles. The highest BCUT2D eigenvalue weighted by Gasteiger charge is 1.99. The van der Waals surface area contributed by atoms with Crippen molar-refractivity contribution in [1.29, 1.82) is 0 Å². The molecule has 0 fully saturated rings. The number of aliphatic hydroxyl groups is 1. The highest BCUT2D eigenvalue weighted by atomic mass is 16.5. The van der Waals surface area contributed by atoms with Gasteiger partial charge in [-0.25, -0.2) is 4.79 Å². The fourth-order valence-corrected chi connectivity index (χ4v) is 1.50. The van der Waals surface area contributed by atoms with Crippen LogP contribution in [0.3, 0.4) is 0 Å². The lowest BCUT2D eigenvalue weighted by Crippen LogP contribution is -2.38. The molecule has 1 aromatic rings. The van der Waals surface area contributed by atoms with Crippen LogP contribution in [-0.4, -0.2) is 31.0 Å². The van der Waals surface area contributed by atoms with Crippen molar-refractivity contribution in [2.75, 3.05) is 19.9 Å². The van der Waals surface area contributed by atoms with E-state index in [0.29, 0.717) is 6.54 Å². The molecule has 0 aliphatic carbocycles. The minimum atomic E-state index is -0.240. The number of carbonyl (C=O) groups is 1. The highest BCUT2D eigenvalue weighted by molar-refractivity contribution is 5.73. The number of nitrogens with one attached hydrogen (secondary N) is 2. The Labute approximate surface area is 114 Å². The summed E-state index contributed by atoms with van der Waals surface area (Å²) in [5, 5.41) is 13.9. The maximum absolute atomic E-state index is 11.4. The monoisotopic (exact) mass is 266 g/mol. The number of carbonyl (C=O) groups excluding carboxylic acids is 1. The van der Waals surface area contributed by atoms with E-state index in [0.717, 1.165) is 25.0 Å². The molecule has 3 N–H and O–H groups in total. The molecule has 0 bridgehead atoms. The quantitative estimate of drug-likeness (QED) is 0.496. The topological polar surface area (TPSA) is 70.6 Å². The van der Waals surface area contributed by atoms with Crippen LogP contribution in [0.15, 0.2) is 24.3 Å². The second kappa shape index (κ2) is 9.22. The Morgan fingerprint density at radius 2 is 1.89 bits per heavy atom. The van der Waals surface area contributed by atoms with Crippen molar-refractivity contribution in [1.82, 2.24) is 10.6 Å². The van der Waals surface area contributed by atoms with E-state index >= 15 is 0 Å². The van der Waals surface area contributed by atoms with Crippen molar-refractivity contribution in [2.24, 2.45) is 0 Å². The largest absolute Gasteiger partial charge is 0.473 e. The Morgan fingerprint density at radius 3 is 2.58 bits per heavy atom. The van der Waals surface area contributed by atoms with Crippen LogP contribution >= 0.6 is 0 Å². The summed E-state index contributed by atoms with van der Waals surface area (Å²) >= 11 is 0. The molecule has 0 unspecified atom stereocenters. The third kappa shape index (κ3) is 7.31. The Morgan fingerprint density at radius 1 is 1.16 bits per heavy atom. The Hall–Kier alpha value is -1.75. The van der Waals surface area contributed by atoms with Crippen molar-refractivity contribution in [3.05, 3.63) is 29.8 Å². The molecule has 0 saturated carbocycles. The molecule has 0 aromatic heterocycles. The Balaban J connectivity index is 2.05. The maximum Gasteiger partial charge on any atom is 0.317 e. The normalized spacial score (nSPS) is 10.0. The van der Waals surface area contributed by atoms with Crippen LogP contribution in [-0.2, 0) is 0 Å². The summed E-state index contributed by atoms with van der Waals surface area (Å²) in [6.45, 7) is 2.96. The number of urea groups is 1. The van der Waals surface area contributed by atoms with Gasteiger partial charge in [0, 0.05) is 13.2 Å². The van der Waals surface area contributed by atoms with E-state index in [2.05, 4.69) is 10.6 Å². The van der Waals surface area contributed by atoms with Crippen molar-refractivity contribution < 1.29 is 14.6 Å². The second-order valence-electron chi connectivity index (χ2n) is 4.32. The first-order valence-corrected chi connectivity index (χ1v) is 6.54. The molecular weight excluding hydrogens is 244 g/mol. The van der Waals surface area contributed by atoms with Crippen LogP contribution in [0, 0.1) is 6.92 Å². The van der Waals surface area contributed by atoms with E-state index < -0.39 is 0 Å². The number of aliphatic hydroxyl groups excluding tert-OH is 1. The van der Waals surface area contributed by atoms with Gasteiger partial charge in [-0.1, -0.05) is 17.7 Å². The van der Waals surface area contributed by atoms with Gasteiger partial charge in [-0.15, -0.1) is 0 Å². The average Bonchev–Trinajstić information content (AvgIpc) is 2.41. The lowest BCUT2D eigenvalue weighted by Gasteiger charge is -2.09. The molecule has 1 rings (SSSR count). The van der Waals surface area contributed by atoms with E-state index in [4.69, 9.17) is 9.84 Å². The van der Waals surface area contributed by atoms with Gasteiger partial charge in [0.05, 0.1) is 0 Å². The number of ether oxygens (including phenoxy) is 1. The average molecular weight is 266 g/mol. The van der Waals surface area contributed by atoms with E-state index in [1.807, 2.05) is 31.2 Å². The van der Waals surface area contributed by atoms with Gasteiger partial charge in [0.15, 0.2) is 6.73 Å². The second-order valence-corrected chi connectivity index (χ2v) is 4.32. The number of hydrogen-bond donors (Lipinski definition) is 3. The Bertz CT molecular complexity index is 365. The molecule has 2 amide bonds. The summed E-state index contributed by atoms with van der Waals surface area (Å²) in [5.41, 5.74) is 1.17. The van der Waals surface area contributed by atoms with Gasteiger partial charge in [0.25, 0.3) is 0 Å². The van der Waals surface area contributed by atoms with Crippen LogP contribution in [0.2, 0.25) is 0 Å². The van der Waals surface area contributed by atoms with Crippen LogP contribution in [0.1, 0.15) is 24.8 Å². The minimum Gasteiger partial charge on any atom is -0.473 e. The third-order valence-electron chi connectivity index (χ3n) is 2.61. The van der Waals surface area contributed by atoms with E-state index in [1.165, 1.54) is 5.56 Å². The Kier molecular flexibility index (Phi) is 7.43. The van der Waals surface area contributed by atoms with Crippen molar-refractivity contribution in [2.45, 2.75) is 26.2 Å². The molecule has 0 aliphatic rings. The van der Waals surface area contributed by atoms with Gasteiger partial charge in [-0.05, 0) is 38.3 Å². The summed E-state index contributed by atoms with van der Waals surface area (Å²) in [7, 11) is 0. The van der Waals surface area contributed by atoms with Crippen LogP contribution in [0.4, 0.5) is 4.79 Å². The molecule has 0 spiro atoms. The number of amides is 2. The SMILES string of the molecule is Cc1ccc(OCNC(=O)NCCCCCO)cc1. The van der Waals surface area contributed by atoms with Gasteiger partial charge in [0.2, 0.25) is 0 Å². The van der Waals surface area contributed by atoms with Crippen molar-refractivity contribution >= 4 is 6.03 Å². The van der Waals surface area contributed by atoms with E-state index in [9.17, 15) is 4.79 Å². The molecule has 0 aliphatic heterocycles. The predicted molar refractivity (Wildman–Crippen MR) is 74.1 cm³/mol. The summed E-state index contributed by atoms with van der Waals surface area (Å²) in [5.74, 6) is 0.730. The van der Waals surface area contributed by atoms with Crippen LogP contribution < -0.4 is 15.4 Å². The van der Waals surface area contributed by atoms with Gasteiger partial charge in [-0.2, -0.15) is 0 Å². The first-order valence-electron chi connectivity index (χ1n) is 6.54. The molecular formula is C14H22N2O3. The molecule has 0 saturated heterocycles. The molecule has 0 atom stereocenters. The summed E-state index contributed by atoms with van der Waals surface area (Å²) in [6.07, 6.45) is 2.56. The fraction of sp³-hybridized carbons (Fsp3) is 0.500. The fourth-order valence-electron chi connectivity index (χ4n) is 1.50. The van der Waals surface area contributed by atoms with Crippen molar-refractivity contribution in [3.63, 3.8) is 0 Å². The summed E-state index contributed by atoms with van der Waals surface area (Å²) in [6, 6.07) is 7.40. The van der Waals surface area contributed by atoms with Gasteiger partial charge in [-0.3, -0.25) is 0 Å². The van der Waals surface area contributed by atoms with Crippen molar-refractivity contribution in [3.8, 4) is 5.75 Å². The number of unbranched alkanes of at least 4 members (excludes halogenated alkanes) is 2. The first-order chi connectivity index (χ1) is 9.22. The van der Waals surface area contributed by atoms with Crippen LogP contribution in [0.25, 0.3) is 0 Å². The summed E-state index contributed by atoms with van der Waals surface area (Å²) in [4.78, 5) is 11.4. The third-order valence-corrected chi connectivity index (χ3v) is 2.61. The zero-order chi connectivity index (χ0) is 13.9. The van der Waals surface area contributed by atoms with E-state index in [1.54, 1.807) is 0 Å². The van der Waals surface area contributed by atoms with E-state index in [-0.39, 0.29) is 19.4 Å². The maximum atomic E-state index is 11.4. The van der Waals surface area contributed by atoms with Gasteiger partial charge >= 0.3 is 6.03 Å². The smallest absolute Gasteiger partial charge is 0.317 e. The first kappa shape index (κ1) is 15.3. The number of hydrogen-bond acceptors (Lipinski definition) is 3. The zero-order valence-corrected chi connectivity index (χ0v) is 11.3.